The lowest BCUT2D eigenvalue weighted by Gasteiger charge is -2.09. The third-order valence-electron chi connectivity index (χ3n) is 2.89. The van der Waals surface area contributed by atoms with Gasteiger partial charge in [-0.15, -0.1) is 0 Å². The van der Waals surface area contributed by atoms with Crippen LogP contribution in [0.4, 0.5) is 14.5 Å². The Morgan fingerprint density at radius 2 is 1.79 bits per heavy atom. The highest BCUT2D eigenvalue weighted by Gasteiger charge is 2.13. The quantitative estimate of drug-likeness (QED) is 0.874. The minimum atomic E-state index is -0.591. The van der Waals surface area contributed by atoms with Crippen molar-refractivity contribution < 1.29 is 13.6 Å². The van der Waals surface area contributed by atoms with Crippen molar-refractivity contribution in [2.75, 3.05) is 5.32 Å². The molecule has 0 saturated heterocycles. The molecule has 0 aromatic heterocycles. The van der Waals surface area contributed by atoms with Crippen LogP contribution in [-0.4, -0.2) is 5.91 Å². The van der Waals surface area contributed by atoms with Crippen LogP contribution in [0.3, 0.4) is 0 Å². The van der Waals surface area contributed by atoms with Gasteiger partial charge in [0.05, 0.1) is 5.56 Å². The molecule has 0 bridgehead atoms. The third-order valence-corrected chi connectivity index (χ3v) is 2.89. The van der Waals surface area contributed by atoms with E-state index < -0.39 is 17.5 Å². The van der Waals surface area contributed by atoms with Gasteiger partial charge in [-0.3, -0.25) is 4.79 Å². The number of nitrogens with one attached hydrogen (secondary N) is 1. The summed E-state index contributed by atoms with van der Waals surface area (Å²) in [6.07, 6.45) is 0. The fourth-order valence-electron chi connectivity index (χ4n) is 1.74. The normalized spacial score (nSPS) is 10.3. The second kappa shape index (κ2) is 5.18. The highest BCUT2D eigenvalue weighted by molar-refractivity contribution is 6.04. The van der Waals surface area contributed by atoms with Crippen LogP contribution in [0, 0.1) is 25.5 Å². The Morgan fingerprint density at radius 1 is 1.05 bits per heavy atom. The first kappa shape index (κ1) is 13.2. The first-order valence-electron chi connectivity index (χ1n) is 5.81. The minimum absolute atomic E-state index is 0.0609. The number of benzene rings is 2. The lowest BCUT2D eigenvalue weighted by atomic mass is 10.1. The molecule has 0 saturated carbocycles. The molecule has 2 aromatic rings. The molecule has 2 rings (SSSR count). The standard InChI is InChI=1S/C15H13F2NO/c1-9-6-7-11(13(17)8-9)15(19)18-14-5-3-4-12(16)10(14)2/h3-8H,1-2H3,(H,18,19). The van der Waals surface area contributed by atoms with Crippen LogP contribution in [0.1, 0.15) is 21.5 Å². The molecule has 0 aliphatic rings. The smallest absolute Gasteiger partial charge is 0.258 e. The van der Waals surface area contributed by atoms with E-state index >= 15 is 0 Å². The van der Waals surface area contributed by atoms with Gasteiger partial charge in [-0.1, -0.05) is 12.1 Å². The zero-order valence-electron chi connectivity index (χ0n) is 10.6. The van der Waals surface area contributed by atoms with E-state index in [1.165, 1.54) is 24.3 Å². The van der Waals surface area contributed by atoms with E-state index in [0.717, 1.165) is 5.56 Å². The minimum Gasteiger partial charge on any atom is -0.322 e. The Labute approximate surface area is 110 Å². The zero-order chi connectivity index (χ0) is 14.0. The molecular weight excluding hydrogens is 248 g/mol. The second-order valence-electron chi connectivity index (χ2n) is 4.35. The fraction of sp³-hybridized carbons (Fsp3) is 0.133. The van der Waals surface area contributed by atoms with Gasteiger partial charge in [0.15, 0.2) is 0 Å². The molecule has 2 nitrogen and oxygen atoms in total. The van der Waals surface area contributed by atoms with Crippen molar-refractivity contribution in [2.24, 2.45) is 0 Å². The van der Waals surface area contributed by atoms with Gasteiger partial charge in [0.2, 0.25) is 0 Å². The summed E-state index contributed by atoms with van der Waals surface area (Å²) < 4.78 is 27.0. The van der Waals surface area contributed by atoms with E-state index in [2.05, 4.69) is 5.32 Å². The van der Waals surface area contributed by atoms with Crippen molar-refractivity contribution in [2.45, 2.75) is 13.8 Å². The molecule has 2 aromatic carbocycles. The highest BCUT2D eigenvalue weighted by Crippen LogP contribution is 2.19. The molecular formula is C15H13F2NO. The molecule has 1 amide bonds. The molecule has 0 aliphatic carbocycles. The second-order valence-corrected chi connectivity index (χ2v) is 4.35. The Morgan fingerprint density at radius 3 is 2.47 bits per heavy atom. The predicted octanol–water partition coefficient (Wildman–Crippen LogP) is 3.83. The van der Waals surface area contributed by atoms with Crippen LogP contribution >= 0.6 is 0 Å². The maximum Gasteiger partial charge on any atom is 0.258 e. The van der Waals surface area contributed by atoms with Crippen LogP contribution in [-0.2, 0) is 0 Å². The van der Waals surface area contributed by atoms with Crippen molar-refractivity contribution >= 4 is 11.6 Å². The molecule has 4 heteroatoms. The van der Waals surface area contributed by atoms with E-state index in [1.807, 2.05) is 0 Å². The summed E-state index contributed by atoms with van der Waals surface area (Å²) in [5.74, 6) is -1.60. The maximum atomic E-state index is 13.6. The molecule has 0 aliphatic heterocycles. The van der Waals surface area contributed by atoms with Crippen molar-refractivity contribution in [1.82, 2.24) is 0 Å². The Bertz CT molecular complexity index is 638. The van der Waals surface area contributed by atoms with Crippen molar-refractivity contribution in [1.29, 1.82) is 0 Å². The topological polar surface area (TPSA) is 29.1 Å². The average molecular weight is 261 g/mol. The van der Waals surface area contributed by atoms with Crippen LogP contribution in [0.15, 0.2) is 36.4 Å². The summed E-state index contributed by atoms with van der Waals surface area (Å²) >= 11 is 0. The van der Waals surface area contributed by atoms with Crippen molar-refractivity contribution in [3.8, 4) is 0 Å². The molecule has 19 heavy (non-hydrogen) atoms. The fourth-order valence-corrected chi connectivity index (χ4v) is 1.74. The summed E-state index contributed by atoms with van der Waals surface area (Å²) in [6.45, 7) is 3.29. The van der Waals surface area contributed by atoms with Crippen LogP contribution in [0.25, 0.3) is 0 Å². The van der Waals surface area contributed by atoms with Gasteiger partial charge in [-0.2, -0.15) is 0 Å². The number of rotatable bonds is 2. The van der Waals surface area contributed by atoms with Crippen LogP contribution in [0.2, 0.25) is 0 Å². The van der Waals surface area contributed by atoms with E-state index in [0.29, 0.717) is 11.3 Å². The van der Waals surface area contributed by atoms with E-state index in [4.69, 9.17) is 0 Å². The van der Waals surface area contributed by atoms with E-state index in [1.54, 1.807) is 26.0 Å². The van der Waals surface area contributed by atoms with E-state index in [-0.39, 0.29) is 5.56 Å². The molecule has 0 unspecified atom stereocenters. The number of hydrogen-bond acceptors (Lipinski definition) is 1. The monoisotopic (exact) mass is 261 g/mol. The number of halogens is 2. The van der Waals surface area contributed by atoms with E-state index in [9.17, 15) is 13.6 Å². The predicted molar refractivity (Wildman–Crippen MR) is 70.2 cm³/mol. The number of carbonyl (C=O) groups excluding carboxylic acids is 1. The summed E-state index contributed by atoms with van der Waals surface area (Å²) in [5.41, 5.74) is 1.33. The Balaban J connectivity index is 2.28. The Kier molecular flexibility index (Phi) is 3.60. The summed E-state index contributed by atoms with van der Waals surface area (Å²) in [6, 6.07) is 8.71. The van der Waals surface area contributed by atoms with Gasteiger partial charge in [0.1, 0.15) is 11.6 Å². The number of aryl methyl sites for hydroxylation is 1. The van der Waals surface area contributed by atoms with Gasteiger partial charge in [0, 0.05) is 11.3 Å². The van der Waals surface area contributed by atoms with Crippen LogP contribution < -0.4 is 5.32 Å². The number of anilines is 1. The molecule has 0 fully saturated rings. The zero-order valence-corrected chi connectivity index (χ0v) is 10.6. The molecule has 98 valence electrons. The van der Waals surface area contributed by atoms with Gasteiger partial charge in [-0.05, 0) is 43.7 Å². The van der Waals surface area contributed by atoms with Crippen LogP contribution in [0.5, 0.6) is 0 Å². The first-order chi connectivity index (χ1) is 8.99. The number of amides is 1. The van der Waals surface area contributed by atoms with Gasteiger partial charge < -0.3 is 5.32 Å². The highest BCUT2D eigenvalue weighted by atomic mass is 19.1. The molecule has 0 heterocycles. The third kappa shape index (κ3) is 2.78. The van der Waals surface area contributed by atoms with Crippen molar-refractivity contribution in [3.63, 3.8) is 0 Å². The summed E-state index contributed by atoms with van der Waals surface area (Å²) in [7, 11) is 0. The maximum absolute atomic E-state index is 13.6. The number of carbonyl (C=O) groups is 1. The lowest BCUT2D eigenvalue weighted by molar-refractivity contribution is 0.102. The molecule has 1 N–H and O–H groups in total. The average Bonchev–Trinajstić information content (AvgIpc) is 2.34. The first-order valence-corrected chi connectivity index (χ1v) is 5.81. The SMILES string of the molecule is Cc1ccc(C(=O)Nc2cccc(F)c2C)c(F)c1. The molecule has 0 radical (unpaired) electrons. The van der Waals surface area contributed by atoms with Gasteiger partial charge >= 0.3 is 0 Å². The molecule has 0 atom stereocenters. The van der Waals surface area contributed by atoms with Gasteiger partial charge in [0.25, 0.3) is 5.91 Å². The summed E-state index contributed by atoms with van der Waals surface area (Å²) in [5, 5.41) is 2.51. The number of hydrogen-bond donors (Lipinski definition) is 1. The largest absolute Gasteiger partial charge is 0.322 e. The van der Waals surface area contributed by atoms with Crippen molar-refractivity contribution in [3.05, 3.63) is 64.7 Å². The van der Waals surface area contributed by atoms with Gasteiger partial charge in [-0.25, -0.2) is 8.78 Å². The lowest BCUT2D eigenvalue weighted by Crippen LogP contribution is -2.15. The Hall–Kier alpha value is -2.23. The summed E-state index contributed by atoms with van der Waals surface area (Å²) in [4.78, 5) is 11.9. The molecule has 0 spiro atoms.